The molecule has 26 heavy (non-hydrogen) atoms. The summed E-state index contributed by atoms with van der Waals surface area (Å²) in [6.45, 7) is 1.78. The minimum atomic E-state index is -0.651. The number of benzene rings is 1. The second kappa shape index (κ2) is 9.12. The van der Waals surface area contributed by atoms with Crippen LogP contribution in [0.15, 0.2) is 69.9 Å². The number of hydrogen-bond donors (Lipinski definition) is 1. The molecule has 0 unspecified atom stereocenters. The quantitative estimate of drug-likeness (QED) is 0.600. The zero-order valence-electron chi connectivity index (χ0n) is 14.7. The van der Waals surface area contributed by atoms with E-state index in [0.717, 1.165) is 17.3 Å². The first-order valence-corrected chi connectivity index (χ1v) is 8.45. The Labute approximate surface area is 152 Å². The van der Waals surface area contributed by atoms with Gasteiger partial charge in [-0.05, 0) is 48.5 Å². The second-order valence-electron chi connectivity index (χ2n) is 5.97. The van der Waals surface area contributed by atoms with Crippen molar-refractivity contribution < 1.29 is 23.4 Å². The molecule has 0 aliphatic carbocycles. The highest BCUT2D eigenvalue weighted by atomic mass is 16.5. The largest absolute Gasteiger partial charge is 0.497 e. The van der Waals surface area contributed by atoms with E-state index in [9.17, 15) is 5.11 Å². The lowest BCUT2D eigenvalue weighted by molar-refractivity contribution is 0.0580. The summed E-state index contributed by atoms with van der Waals surface area (Å²) in [4.78, 5) is 2.06. The average molecular weight is 357 g/mol. The minimum Gasteiger partial charge on any atom is -0.497 e. The van der Waals surface area contributed by atoms with Gasteiger partial charge in [-0.15, -0.1) is 0 Å². The first-order valence-electron chi connectivity index (χ1n) is 8.45. The Hall–Kier alpha value is -2.70. The van der Waals surface area contributed by atoms with E-state index in [1.165, 1.54) is 0 Å². The highest BCUT2D eigenvalue weighted by Crippen LogP contribution is 2.17. The lowest BCUT2D eigenvalue weighted by Crippen LogP contribution is -2.34. The predicted molar refractivity (Wildman–Crippen MR) is 96.0 cm³/mol. The van der Waals surface area contributed by atoms with Gasteiger partial charge in [0, 0.05) is 6.54 Å². The van der Waals surface area contributed by atoms with E-state index < -0.39 is 6.10 Å². The van der Waals surface area contributed by atoms with Gasteiger partial charge in [-0.2, -0.15) is 0 Å². The van der Waals surface area contributed by atoms with E-state index in [0.29, 0.717) is 25.4 Å². The third-order valence-corrected chi connectivity index (χ3v) is 3.89. The molecule has 6 nitrogen and oxygen atoms in total. The maximum absolute atomic E-state index is 10.4. The molecular formula is C20H23NO5. The van der Waals surface area contributed by atoms with Gasteiger partial charge in [0.25, 0.3) is 0 Å². The van der Waals surface area contributed by atoms with Gasteiger partial charge in [-0.25, -0.2) is 0 Å². The van der Waals surface area contributed by atoms with Gasteiger partial charge in [0.15, 0.2) is 0 Å². The van der Waals surface area contributed by atoms with Crippen LogP contribution in [0.4, 0.5) is 0 Å². The van der Waals surface area contributed by atoms with E-state index >= 15 is 0 Å². The van der Waals surface area contributed by atoms with Crippen LogP contribution in [0.5, 0.6) is 11.5 Å². The van der Waals surface area contributed by atoms with Crippen LogP contribution in [-0.4, -0.2) is 36.4 Å². The molecule has 0 amide bonds. The van der Waals surface area contributed by atoms with Crippen molar-refractivity contribution in [2.24, 2.45) is 0 Å². The van der Waals surface area contributed by atoms with Gasteiger partial charge in [0.2, 0.25) is 0 Å². The Morgan fingerprint density at radius 1 is 0.923 bits per heavy atom. The molecule has 3 rings (SSSR count). The summed E-state index contributed by atoms with van der Waals surface area (Å²) >= 11 is 0. The van der Waals surface area contributed by atoms with Gasteiger partial charge in [0.05, 0.1) is 32.7 Å². The summed E-state index contributed by atoms with van der Waals surface area (Å²) in [6, 6.07) is 14.8. The number of methoxy groups -OCH3 is 1. The first-order chi connectivity index (χ1) is 12.7. The molecule has 0 bridgehead atoms. The third kappa shape index (κ3) is 5.40. The Kier molecular flexibility index (Phi) is 6.35. The molecule has 0 spiro atoms. The number of ether oxygens (including phenoxy) is 2. The standard InChI is InChI=1S/C20H23NO5/c1-23-17-6-8-18(9-7-17)26-15-16(22)12-21(13-19-4-2-10-24-19)14-20-5-3-11-25-20/h2-11,16,22H,12-15H2,1H3/t16-/m1/s1. The molecule has 0 aliphatic heterocycles. The van der Waals surface area contributed by atoms with Crippen molar-refractivity contribution in [3.8, 4) is 11.5 Å². The SMILES string of the molecule is COc1ccc(OC[C@H](O)CN(Cc2ccco2)Cc2ccco2)cc1. The van der Waals surface area contributed by atoms with Crippen molar-refractivity contribution in [1.29, 1.82) is 0 Å². The summed E-state index contributed by atoms with van der Waals surface area (Å²) in [5.41, 5.74) is 0. The van der Waals surface area contributed by atoms with E-state index in [1.54, 1.807) is 19.6 Å². The molecule has 3 aromatic rings. The molecule has 138 valence electrons. The number of rotatable bonds is 10. The van der Waals surface area contributed by atoms with Crippen molar-refractivity contribution in [3.05, 3.63) is 72.6 Å². The molecule has 1 aromatic carbocycles. The molecule has 6 heteroatoms. The zero-order valence-corrected chi connectivity index (χ0v) is 14.7. The zero-order chi connectivity index (χ0) is 18.2. The smallest absolute Gasteiger partial charge is 0.119 e. The lowest BCUT2D eigenvalue weighted by Gasteiger charge is -2.23. The highest BCUT2D eigenvalue weighted by molar-refractivity contribution is 5.31. The molecule has 1 N–H and O–H groups in total. The average Bonchev–Trinajstić information content (AvgIpc) is 3.34. The van der Waals surface area contributed by atoms with Crippen LogP contribution in [0.25, 0.3) is 0 Å². The molecule has 0 saturated carbocycles. The summed E-state index contributed by atoms with van der Waals surface area (Å²) in [5.74, 6) is 3.12. The van der Waals surface area contributed by atoms with Crippen LogP contribution >= 0.6 is 0 Å². The lowest BCUT2D eigenvalue weighted by atomic mass is 10.3. The van der Waals surface area contributed by atoms with Gasteiger partial charge in [-0.1, -0.05) is 0 Å². The Balaban J connectivity index is 1.54. The minimum absolute atomic E-state index is 0.194. The van der Waals surface area contributed by atoms with Crippen molar-refractivity contribution in [2.45, 2.75) is 19.2 Å². The number of aliphatic hydroxyl groups is 1. The Morgan fingerprint density at radius 2 is 1.50 bits per heavy atom. The number of furan rings is 2. The van der Waals surface area contributed by atoms with Crippen molar-refractivity contribution >= 4 is 0 Å². The van der Waals surface area contributed by atoms with E-state index in [2.05, 4.69) is 4.90 Å². The molecule has 2 heterocycles. The maximum atomic E-state index is 10.4. The van der Waals surface area contributed by atoms with E-state index in [4.69, 9.17) is 18.3 Å². The molecular weight excluding hydrogens is 334 g/mol. The molecule has 0 saturated heterocycles. The van der Waals surface area contributed by atoms with Crippen LogP contribution in [0.3, 0.4) is 0 Å². The fraction of sp³-hybridized carbons (Fsp3) is 0.300. The van der Waals surface area contributed by atoms with Crippen LogP contribution in [-0.2, 0) is 13.1 Å². The van der Waals surface area contributed by atoms with Crippen LogP contribution in [0.2, 0.25) is 0 Å². The van der Waals surface area contributed by atoms with Crippen LogP contribution in [0.1, 0.15) is 11.5 Å². The highest BCUT2D eigenvalue weighted by Gasteiger charge is 2.16. The van der Waals surface area contributed by atoms with E-state index in [-0.39, 0.29) is 6.61 Å². The first kappa shape index (κ1) is 18.1. The molecule has 2 aromatic heterocycles. The number of hydrogen-bond acceptors (Lipinski definition) is 6. The summed E-state index contributed by atoms with van der Waals surface area (Å²) in [7, 11) is 1.62. The fourth-order valence-electron chi connectivity index (χ4n) is 2.65. The number of aliphatic hydroxyl groups excluding tert-OH is 1. The maximum Gasteiger partial charge on any atom is 0.119 e. The van der Waals surface area contributed by atoms with Gasteiger partial charge in [0.1, 0.15) is 35.7 Å². The van der Waals surface area contributed by atoms with Crippen molar-refractivity contribution in [1.82, 2.24) is 4.90 Å². The van der Waals surface area contributed by atoms with Crippen molar-refractivity contribution in [2.75, 3.05) is 20.3 Å². The van der Waals surface area contributed by atoms with Gasteiger partial charge >= 0.3 is 0 Å². The normalized spacial score (nSPS) is 12.3. The monoisotopic (exact) mass is 357 g/mol. The summed E-state index contributed by atoms with van der Waals surface area (Å²) in [6.07, 6.45) is 2.63. The second-order valence-corrected chi connectivity index (χ2v) is 5.97. The summed E-state index contributed by atoms with van der Waals surface area (Å²) in [5, 5.41) is 10.4. The van der Waals surface area contributed by atoms with E-state index in [1.807, 2.05) is 48.5 Å². The summed E-state index contributed by atoms with van der Waals surface area (Å²) < 4.78 is 21.6. The fourth-order valence-corrected chi connectivity index (χ4v) is 2.65. The van der Waals surface area contributed by atoms with Crippen molar-refractivity contribution in [3.63, 3.8) is 0 Å². The van der Waals surface area contributed by atoms with Crippen LogP contribution in [0, 0.1) is 0 Å². The predicted octanol–water partition coefficient (Wildman–Crippen LogP) is 3.32. The molecule has 0 aliphatic rings. The van der Waals surface area contributed by atoms with Gasteiger partial charge < -0.3 is 23.4 Å². The molecule has 1 atom stereocenters. The Morgan fingerprint density at radius 3 is 2.00 bits per heavy atom. The molecule has 0 radical (unpaired) electrons. The van der Waals surface area contributed by atoms with Crippen LogP contribution < -0.4 is 9.47 Å². The third-order valence-electron chi connectivity index (χ3n) is 3.89. The Bertz CT molecular complexity index is 701. The van der Waals surface area contributed by atoms with Gasteiger partial charge in [-0.3, -0.25) is 4.90 Å². The number of nitrogens with zero attached hydrogens (tertiary/aromatic N) is 1. The molecule has 0 fully saturated rings. The topological polar surface area (TPSA) is 68.2 Å².